The van der Waals surface area contributed by atoms with Gasteiger partial charge in [-0.3, -0.25) is 0 Å². The summed E-state index contributed by atoms with van der Waals surface area (Å²) in [5, 5.41) is 3.20. The molecule has 1 atom stereocenters. The SMILES string of the molecule is CCNc1cc(C)c(S(=O)(=O)NC(C)CC)c(C)c1. The molecular formula is C14H24N2O2S. The zero-order valence-electron chi connectivity index (χ0n) is 12.4. The minimum atomic E-state index is -3.44. The van der Waals surface area contributed by atoms with Gasteiger partial charge in [-0.2, -0.15) is 0 Å². The normalized spacial score (nSPS) is 13.3. The number of sulfonamides is 1. The van der Waals surface area contributed by atoms with Gasteiger partial charge < -0.3 is 5.32 Å². The Balaban J connectivity index is 3.20. The number of rotatable bonds is 6. The number of nitrogens with one attached hydrogen (secondary N) is 2. The van der Waals surface area contributed by atoms with Crippen molar-refractivity contribution in [1.29, 1.82) is 0 Å². The van der Waals surface area contributed by atoms with Gasteiger partial charge in [0.1, 0.15) is 0 Å². The average Bonchev–Trinajstić information content (AvgIpc) is 2.27. The lowest BCUT2D eigenvalue weighted by molar-refractivity contribution is 0.555. The van der Waals surface area contributed by atoms with Crippen LogP contribution < -0.4 is 10.0 Å². The molecule has 0 aliphatic heterocycles. The third-order valence-electron chi connectivity index (χ3n) is 3.08. The van der Waals surface area contributed by atoms with Gasteiger partial charge in [-0.1, -0.05) is 6.92 Å². The Kier molecular flexibility index (Phi) is 5.38. The quantitative estimate of drug-likeness (QED) is 0.844. The highest BCUT2D eigenvalue weighted by Crippen LogP contribution is 2.24. The van der Waals surface area contributed by atoms with Gasteiger partial charge in [0.2, 0.25) is 10.0 Å². The lowest BCUT2D eigenvalue weighted by Crippen LogP contribution is -2.33. The largest absolute Gasteiger partial charge is 0.385 e. The summed E-state index contributed by atoms with van der Waals surface area (Å²) >= 11 is 0. The molecule has 0 spiro atoms. The van der Waals surface area contributed by atoms with E-state index in [4.69, 9.17) is 0 Å². The van der Waals surface area contributed by atoms with E-state index in [9.17, 15) is 8.42 Å². The summed E-state index contributed by atoms with van der Waals surface area (Å²) in [4.78, 5) is 0.398. The molecule has 108 valence electrons. The van der Waals surface area contributed by atoms with Crippen LogP contribution in [0.2, 0.25) is 0 Å². The highest BCUT2D eigenvalue weighted by molar-refractivity contribution is 7.89. The molecule has 0 radical (unpaired) electrons. The standard InChI is InChI=1S/C14H24N2O2S/c1-6-12(5)16-19(17,18)14-10(3)8-13(15-7-2)9-11(14)4/h8-9,12,15-16H,6-7H2,1-5H3. The first-order valence-corrected chi connectivity index (χ1v) is 8.17. The lowest BCUT2D eigenvalue weighted by atomic mass is 10.1. The first-order chi connectivity index (χ1) is 8.81. The third-order valence-corrected chi connectivity index (χ3v) is 4.97. The zero-order valence-corrected chi connectivity index (χ0v) is 13.2. The van der Waals surface area contributed by atoms with Crippen molar-refractivity contribution >= 4 is 15.7 Å². The first-order valence-electron chi connectivity index (χ1n) is 6.69. The van der Waals surface area contributed by atoms with Crippen LogP contribution in [0.25, 0.3) is 0 Å². The molecule has 0 amide bonds. The Hall–Kier alpha value is -1.07. The van der Waals surface area contributed by atoms with E-state index in [0.717, 1.165) is 29.8 Å². The number of aryl methyl sites for hydroxylation is 2. The Morgan fingerprint density at radius 1 is 1.16 bits per heavy atom. The smallest absolute Gasteiger partial charge is 0.241 e. The number of benzene rings is 1. The van der Waals surface area contributed by atoms with Crippen molar-refractivity contribution < 1.29 is 8.42 Å². The molecule has 5 heteroatoms. The predicted octanol–water partition coefficient (Wildman–Crippen LogP) is 2.81. The maximum Gasteiger partial charge on any atom is 0.241 e. The monoisotopic (exact) mass is 284 g/mol. The van der Waals surface area contributed by atoms with Crippen LogP contribution in [-0.2, 0) is 10.0 Å². The summed E-state index contributed by atoms with van der Waals surface area (Å²) in [6, 6.07) is 3.70. The van der Waals surface area contributed by atoms with Crippen LogP contribution >= 0.6 is 0 Å². The van der Waals surface area contributed by atoms with E-state index in [1.807, 2.05) is 46.8 Å². The molecular weight excluding hydrogens is 260 g/mol. The molecule has 0 aliphatic rings. The van der Waals surface area contributed by atoms with E-state index >= 15 is 0 Å². The summed E-state index contributed by atoms with van der Waals surface area (Å²) < 4.78 is 27.5. The molecule has 0 bridgehead atoms. The highest BCUT2D eigenvalue weighted by atomic mass is 32.2. The predicted molar refractivity (Wildman–Crippen MR) is 80.2 cm³/mol. The van der Waals surface area contributed by atoms with Crippen molar-refractivity contribution in [3.05, 3.63) is 23.3 Å². The van der Waals surface area contributed by atoms with Crippen LogP contribution in [0.15, 0.2) is 17.0 Å². The molecule has 0 aliphatic carbocycles. The minimum absolute atomic E-state index is 0.0581. The van der Waals surface area contributed by atoms with Gasteiger partial charge >= 0.3 is 0 Å². The van der Waals surface area contributed by atoms with E-state index in [-0.39, 0.29) is 6.04 Å². The van der Waals surface area contributed by atoms with Crippen molar-refractivity contribution in [3.63, 3.8) is 0 Å². The third kappa shape index (κ3) is 3.94. The van der Waals surface area contributed by atoms with Crippen LogP contribution in [0.5, 0.6) is 0 Å². The van der Waals surface area contributed by atoms with Gasteiger partial charge in [-0.05, 0) is 57.4 Å². The maximum atomic E-state index is 12.4. The molecule has 1 rings (SSSR count). The fraction of sp³-hybridized carbons (Fsp3) is 0.571. The molecule has 1 aromatic carbocycles. The molecule has 0 aromatic heterocycles. The fourth-order valence-electron chi connectivity index (χ4n) is 2.09. The van der Waals surface area contributed by atoms with Crippen LogP contribution in [0.4, 0.5) is 5.69 Å². The highest BCUT2D eigenvalue weighted by Gasteiger charge is 2.21. The summed E-state index contributed by atoms with van der Waals surface area (Å²) in [5.74, 6) is 0. The fourth-order valence-corrected chi connectivity index (χ4v) is 3.87. The molecule has 0 heterocycles. The van der Waals surface area contributed by atoms with Crippen LogP contribution in [0.1, 0.15) is 38.3 Å². The summed E-state index contributed by atoms with van der Waals surface area (Å²) in [6.07, 6.45) is 0.771. The second-order valence-electron chi connectivity index (χ2n) is 4.90. The Morgan fingerprint density at radius 2 is 1.68 bits per heavy atom. The Labute approximate surface area is 116 Å². The van der Waals surface area contributed by atoms with Crippen molar-refractivity contribution in [3.8, 4) is 0 Å². The topological polar surface area (TPSA) is 58.2 Å². The molecule has 1 aromatic rings. The van der Waals surface area contributed by atoms with Gasteiger partial charge in [0, 0.05) is 18.3 Å². The molecule has 2 N–H and O–H groups in total. The Morgan fingerprint density at radius 3 is 2.11 bits per heavy atom. The van der Waals surface area contributed by atoms with E-state index in [1.165, 1.54) is 0 Å². The maximum absolute atomic E-state index is 12.4. The number of anilines is 1. The van der Waals surface area contributed by atoms with Gasteiger partial charge in [-0.15, -0.1) is 0 Å². The van der Waals surface area contributed by atoms with Gasteiger partial charge in [0.25, 0.3) is 0 Å². The summed E-state index contributed by atoms with van der Waals surface area (Å²) in [7, 11) is -3.44. The Bertz CT molecular complexity index is 515. The van der Waals surface area contributed by atoms with Gasteiger partial charge in [0.05, 0.1) is 4.90 Å². The zero-order chi connectivity index (χ0) is 14.6. The van der Waals surface area contributed by atoms with Crippen LogP contribution in [-0.4, -0.2) is 21.0 Å². The van der Waals surface area contributed by atoms with E-state index in [0.29, 0.717) is 4.90 Å². The molecule has 0 saturated heterocycles. The minimum Gasteiger partial charge on any atom is -0.385 e. The number of hydrogen-bond donors (Lipinski definition) is 2. The molecule has 0 fully saturated rings. The number of hydrogen-bond acceptors (Lipinski definition) is 3. The summed E-state index contributed by atoms with van der Waals surface area (Å²) in [5.41, 5.74) is 2.50. The average molecular weight is 284 g/mol. The molecule has 19 heavy (non-hydrogen) atoms. The van der Waals surface area contributed by atoms with Crippen molar-refractivity contribution in [1.82, 2.24) is 4.72 Å². The van der Waals surface area contributed by atoms with Gasteiger partial charge in [-0.25, -0.2) is 13.1 Å². The van der Waals surface area contributed by atoms with Crippen molar-refractivity contribution in [2.75, 3.05) is 11.9 Å². The van der Waals surface area contributed by atoms with Crippen LogP contribution in [0, 0.1) is 13.8 Å². The van der Waals surface area contributed by atoms with Gasteiger partial charge in [0.15, 0.2) is 0 Å². The van der Waals surface area contributed by atoms with E-state index < -0.39 is 10.0 Å². The van der Waals surface area contributed by atoms with Crippen molar-refractivity contribution in [2.45, 2.75) is 52.0 Å². The first kappa shape index (κ1) is 16.0. The summed E-state index contributed by atoms with van der Waals surface area (Å²) in [6.45, 7) is 10.3. The molecule has 1 unspecified atom stereocenters. The molecule has 4 nitrogen and oxygen atoms in total. The second-order valence-corrected chi connectivity index (χ2v) is 6.55. The second kappa shape index (κ2) is 6.39. The van der Waals surface area contributed by atoms with E-state index in [2.05, 4.69) is 10.0 Å². The van der Waals surface area contributed by atoms with E-state index in [1.54, 1.807) is 0 Å². The van der Waals surface area contributed by atoms with Crippen LogP contribution in [0.3, 0.4) is 0 Å². The lowest BCUT2D eigenvalue weighted by Gasteiger charge is -2.17. The molecule has 0 saturated carbocycles. The van der Waals surface area contributed by atoms with Crippen molar-refractivity contribution in [2.24, 2.45) is 0 Å².